The minimum atomic E-state index is -1.71. The van der Waals surface area contributed by atoms with Crippen LogP contribution in [0, 0.1) is 11.8 Å². The van der Waals surface area contributed by atoms with Gasteiger partial charge in [-0.1, -0.05) is 121 Å². The molecule has 0 N–H and O–H groups in total. The molecule has 0 aliphatic heterocycles. The molecule has 0 heterocycles. The zero-order valence-corrected chi connectivity index (χ0v) is 29.9. The van der Waals surface area contributed by atoms with Gasteiger partial charge in [-0.3, -0.25) is 0 Å². The number of rotatable bonds is 11. The molecule has 0 fully saturated rings. The average Bonchev–Trinajstić information content (AvgIpc) is 3.33. The van der Waals surface area contributed by atoms with Gasteiger partial charge in [0.15, 0.2) is 0 Å². The Morgan fingerprint density at radius 2 is 1.60 bits per heavy atom. The topological polar surface area (TPSA) is 9.23 Å². The average molecular weight is 587 g/mol. The Kier molecular flexibility index (Phi) is 10.7. The third-order valence-electron chi connectivity index (χ3n) is 10.7. The van der Waals surface area contributed by atoms with Crippen LogP contribution >= 0.6 is 0 Å². The lowest BCUT2D eigenvalue weighted by Crippen LogP contribution is -2.47. The summed E-state index contributed by atoms with van der Waals surface area (Å²) in [6.45, 7) is 24.7. The summed E-state index contributed by atoms with van der Waals surface area (Å²) >= 11 is 0. The Labute approximate surface area is 261 Å². The molecule has 2 aliphatic carbocycles. The van der Waals surface area contributed by atoms with Crippen LogP contribution in [-0.4, -0.2) is 20.3 Å². The predicted octanol–water partition coefficient (Wildman–Crippen LogP) is 12.1. The van der Waals surface area contributed by atoms with Crippen molar-refractivity contribution in [2.24, 2.45) is 11.8 Å². The second kappa shape index (κ2) is 13.6. The number of allylic oxidation sites excluding steroid dienone is 2. The SMILES string of the molecule is CC1=CCCCC1[Si](C)(CCCCCCOC(C)(C)C)C1c2cccc(-c3ccc(C(C)(C)C)cc3)c2CC1C(C)C. The molecule has 0 spiro atoms. The van der Waals surface area contributed by atoms with Gasteiger partial charge in [0.05, 0.1) is 13.7 Å². The van der Waals surface area contributed by atoms with Crippen molar-refractivity contribution in [2.45, 2.75) is 148 Å². The summed E-state index contributed by atoms with van der Waals surface area (Å²) < 4.78 is 6.02. The summed E-state index contributed by atoms with van der Waals surface area (Å²) in [6, 6.07) is 18.3. The molecule has 42 heavy (non-hydrogen) atoms. The van der Waals surface area contributed by atoms with E-state index in [1.165, 1.54) is 74.1 Å². The molecule has 2 aliphatic rings. The van der Waals surface area contributed by atoms with Gasteiger partial charge in [-0.2, -0.15) is 0 Å². The first-order valence-corrected chi connectivity index (χ1v) is 20.1. The van der Waals surface area contributed by atoms with Crippen LogP contribution in [0.15, 0.2) is 54.1 Å². The minimum Gasteiger partial charge on any atom is -0.376 e. The van der Waals surface area contributed by atoms with Crippen LogP contribution in [0.3, 0.4) is 0 Å². The molecule has 0 aromatic heterocycles. The van der Waals surface area contributed by atoms with E-state index in [4.69, 9.17) is 4.74 Å². The number of fused-ring (bicyclic) bond motifs is 1. The quantitative estimate of drug-likeness (QED) is 0.144. The summed E-state index contributed by atoms with van der Waals surface area (Å²) in [5, 5.41) is 0. The maximum absolute atomic E-state index is 6.02. The van der Waals surface area contributed by atoms with E-state index in [2.05, 4.69) is 117 Å². The van der Waals surface area contributed by atoms with Crippen LogP contribution in [0.2, 0.25) is 18.1 Å². The fourth-order valence-electron chi connectivity index (χ4n) is 8.35. The van der Waals surface area contributed by atoms with Crippen molar-refractivity contribution in [3.8, 4) is 11.1 Å². The van der Waals surface area contributed by atoms with Crippen molar-refractivity contribution in [3.63, 3.8) is 0 Å². The number of hydrogen-bond donors (Lipinski definition) is 0. The van der Waals surface area contributed by atoms with Gasteiger partial charge in [0.1, 0.15) is 0 Å². The number of benzene rings is 2. The van der Waals surface area contributed by atoms with Gasteiger partial charge >= 0.3 is 0 Å². The van der Waals surface area contributed by atoms with Crippen LogP contribution in [0.5, 0.6) is 0 Å². The largest absolute Gasteiger partial charge is 0.376 e. The van der Waals surface area contributed by atoms with Crippen molar-refractivity contribution in [1.29, 1.82) is 0 Å². The summed E-state index contributed by atoms with van der Waals surface area (Å²) in [4.78, 5) is 0. The first-order chi connectivity index (χ1) is 19.7. The summed E-state index contributed by atoms with van der Waals surface area (Å²) in [5.74, 6) is 1.45. The lowest BCUT2D eigenvalue weighted by molar-refractivity contribution is -0.00471. The van der Waals surface area contributed by atoms with E-state index in [1.807, 2.05) is 0 Å². The highest BCUT2D eigenvalue weighted by Crippen LogP contribution is 2.56. The number of hydrogen-bond acceptors (Lipinski definition) is 1. The van der Waals surface area contributed by atoms with E-state index in [0.717, 1.165) is 23.6 Å². The van der Waals surface area contributed by atoms with Crippen molar-refractivity contribution in [3.05, 3.63) is 70.8 Å². The Morgan fingerprint density at radius 1 is 0.905 bits per heavy atom. The van der Waals surface area contributed by atoms with E-state index >= 15 is 0 Å². The van der Waals surface area contributed by atoms with Gasteiger partial charge in [-0.15, -0.1) is 0 Å². The van der Waals surface area contributed by atoms with E-state index in [-0.39, 0.29) is 11.0 Å². The highest BCUT2D eigenvalue weighted by atomic mass is 28.3. The number of ether oxygens (including phenoxy) is 1. The molecular formula is C40H62OSi. The smallest absolute Gasteiger partial charge is 0.0656 e. The molecule has 0 amide bonds. The van der Waals surface area contributed by atoms with Gasteiger partial charge in [0, 0.05) is 6.61 Å². The Hall–Kier alpha value is -1.64. The van der Waals surface area contributed by atoms with Gasteiger partial charge in [0.2, 0.25) is 0 Å². The Bertz CT molecular complexity index is 1190. The number of unbranched alkanes of at least 4 members (excludes halogenated alkanes) is 3. The standard InChI is InChI=1S/C40H62OSi/c1-29(2)35-28-36-33(31-22-24-32(25-23-31)39(4,5)6)19-17-20-34(36)38(35)42(10,37-21-14-13-18-30(37)3)27-16-12-11-15-26-41-40(7,8)9/h17-20,22-25,29,35,37-38H,11-16,21,26-28H2,1-10H3. The maximum Gasteiger partial charge on any atom is 0.0656 e. The summed E-state index contributed by atoms with van der Waals surface area (Å²) in [6.07, 6.45) is 13.1. The molecule has 2 heteroatoms. The molecule has 0 saturated carbocycles. The molecular weight excluding hydrogens is 525 g/mol. The second-order valence-corrected chi connectivity index (χ2v) is 21.2. The molecule has 232 valence electrons. The lowest BCUT2D eigenvalue weighted by Gasteiger charge is -2.46. The molecule has 2 aromatic carbocycles. The molecule has 1 nitrogen and oxygen atoms in total. The van der Waals surface area contributed by atoms with Crippen LogP contribution in [-0.2, 0) is 16.6 Å². The van der Waals surface area contributed by atoms with E-state index in [0.29, 0.717) is 5.92 Å². The van der Waals surface area contributed by atoms with Crippen LogP contribution in [0.25, 0.3) is 11.1 Å². The molecule has 2 aromatic rings. The van der Waals surface area contributed by atoms with Crippen molar-refractivity contribution in [1.82, 2.24) is 0 Å². The highest BCUT2D eigenvalue weighted by Gasteiger charge is 2.51. The van der Waals surface area contributed by atoms with Gasteiger partial charge < -0.3 is 4.74 Å². The Balaban J connectivity index is 1.65. The maximum atomic E-state index is 6.02. The molecule has 4 rings (SSSR count). The normalized spacial score (nSPS) is 22.6. The van der Waals surface area contributed by atoms with Crippen LogP contribution < -0.4 is 0 Å². The lowest BCUT2D eigenvalue weighted by atomic mass is 9.85. The fraction of sp³-hybridized carbons (Fsp3) is 0.650. The molecule has 0 saturated heterocycles. The molecule has 4 unspecified atom stereocenters. The van der Waals surface area contributed by atoms with Crippen molar-refractivity contribution >= 4 is 8.07 Å². The van der Waals surface area contributed by atoms with Crippen molar-refractivity contribution in [2.75, 3.05) is 6.61 Å². The van der Waals surface area contributed by atoms with Gasteiger partial charge in [0.25, 0.3) is 0 Å². The van der Waals surface area contributed by atoms with Crippen LogP contribution in [0.4, 0.5) is 0 Å². The molecule has 4 atom stereocenters. The highest BCUT2D eigenvalue weighted by molar-refractivity contribution is 6.82. The predicted molar refractivity (Wildman–Crippen MR) is 187 cm³/mol. The van der Waals surface area contributed by atoms with E-state index in [1.54, 1.807) is 16.7 Å². The molecule has 0 radical (unpaired) electrons. The van der Waals surface area contributed by atoms with Gasteiger partial charge in [-0.25, -0.2) is 0 Å². The first-order valence-electron chi connectivity index (χ1n) is 17.3. The van der Waals surface area contributed by atoms with E-state index < -0.39 is 8.07 Å². The Morgan fingerprint density at radius 3 is 2.21 bits per heavy atom. The monoisotopic (exact) mass is 586 g/mol. The van der Waals surface area contributed by atoms with Gasteiger partial charge in [-0.05, 0) is 116 Å². The second-order valence-electron chi connectivity index (χ2n) is 16.4. The third kappa shape index (κ3) is 7.70. The zero-order valence-electron chi connectivity index (χ0n) is 28.9. The minimum absolute atomic E-state index is 0.0223. The molecule has 0 bridgehead atoms. The van der Waals surface area contributed by atoms with Crippen molar-refractivity contribution < 1.29 is 4.74 Å². The van der Waals surface area contributed by atoms with E-state index in [9.17, 15) is 0 Å². The van der Waals surface area contributed by atoms with Crippen LogP contribution in [0.1, 0.15) is 129 Å². The fourth-order valence-corrected chi connectivity index (χ4v) is 14.9. The summed E-state index contributed by atoms with van der Waals surface area (Å²) in [5.41, 5.74) is 11.1. The first kappa shape index (κ1) is 33.3. The zero-order chi connectivity index (χ0) is 30.7. The third-order valence-corrected chi connectivity index (χ3v) is 16.6. The summed E-state index contributed by atoms with van der Waals surface area (Å²) in [7, 11) is -1.71.